The van der Waals surface area contributed by atoms with Crippen molar-refractivity contribution in [2.45, 2.75) is 193 Å². The normalized spacial score (nSPS) is 13.9. The highest BCUT2D eigenvalue weighted by molar-refractivity contribution is 5.70. The number of ether oxygens (including phenoxy) is 4. The summed E-state index contributed by atoms with van der Waals surface area (Å²) in [5.74, 6) is -2.39. The molecular formula is C64H101NO8. The van der Waals surface area contributed by atoms with Crippen molar-refractivity contribution >= 4 is 17.9 Å². The standard InChI is InChI=1S/C64H101NO8/c1-6-8-10-12-14-16-18-20-22-24-25-26-27-28-29-30-31-32-33-34-35-36-37-39-41-43-45-47-49-51-53-55-62(67)73-60(59-72-64(63(68)69)70-57-56-65(3,4)5)58-71-61(66)54-52-50-48-46-44-42-40-38-23-21-19-17-15-13-11-9-7-2/h8-11,14-17,20-23,25-26,28-29,31-32,34-35,40,42,46,48,60,64H,6-7,12-13,18-19,24,27,30,33,36-39,41,43-45,47,49-59H2,1-5H3/b10-8-,11-9-,16-14-,17-15-,22-20-,23-21-,26-25-,29-28-,32-31-,35-34-,42-40-,48-46-. The van der Waals surface area contributed by atoms with Crippen molar-refractivity contribution in [3.63, 3.8) is 0 Å². The van der Waals surface area contributed by atoms with Crippen LogP contribution in [0.3, 0.4) is 0 Å². The third-order valence-corrected chi connectivity index (χ3v) is 11.1. The number of unbranched alkanes of at least 4 members (excludes halogenated alkanes) is 10. The van der Waals surface area contributed by atoms with E-state index in [0.29, 0.717) is 23.9 Å². The molecule has 0 spiro atoms. The number of carbonyl (C=O) groups excluding carboxylic acids is 3. The summed E-state index contributed by atoms with van der Waals surface area (Å²) in [6.07, 6.45) is 74.7. The molecule has 73 heavy (non-hydrogen) atoms. The molecule has 0 aromatic rings. The molecular weight excluding hydrogens is 911 g/mol. The Labute approximate surface area is 445 Å². The molecule has 2 atom stereocenters. The fourth-order valence-corrected chi connectivity index (χ4v) is 6.84. The lowest BCUT2D eigenvalue weighted by Gasteiger charge is -2.26. The zero-order valence-corrected chi connectivity index (χ0v) is 46.4. The Morgan fingerprint density at radius 1 is 0.411 bits per heavy atom. The molecule has 410 valence electrons. The van der Waals surface area contributed by atoms with Crippen LogP contribution in [0.5, 0.6) is 0 Å². The van der Waals surface area contributed by atoms with Crippen molar-refractivity contribution in [3.05, 3.63) is 146 Å². The number of likely N-dealkylation sites (N-methyl/N-ethyl adjacent to an activating group) is 1. The van der Waals surface area contributed by atoms with E-state index in [1.165, 1.54) is 32.1 Å². The Hall–Kier alpha value is -4.83. The summed E-state index contributed by atoms with van der Waals surface area (Å²) in [7, 11) is 5.89. The van der Waals surface area contributed by atoms with Gasteiger partial charge in [0.2, 0.25) is 0 Å². The van der Waals surface area contributed by atoms with Crippen LogP contribution in [0.25, 0.3) is 0 Å². The third-order valence-electron chi connectivity index (χ3n) is 11.1. The molecule has 0 fully saturated rings. The molecule has 0 heterocycles. The van der Waals surface area contributed by atoms with E-state index in [4.69, 9.17) is 18.9 Å². The maximum Gasteiger partial charge on any atom is 0.306 e. The minimum Gasteiger partial charge on any atom is -0.545 e. The largest absolute Gasteiger partial charge is 0.545 e. The van der Waals surface area contributed by atoms with Crippen LogP contribution < -0.4 is 5.11 Å². The SMILES string of the molecule is CC/C=C\C/C=C\C/C=C\C/C=C\C/C=C\C/C=C\C/C=C\CCCCCCCCCCCC(=O)OC(COC(=O)CCC/C=C\C/C=C\C/C=C\C/C=C\C/C=C\CC)COC(OCC[N+](C)(C)C)C(=O)[O-]. The molecule has 0 rings (SSSR count). The molecule has 9 heteroatoms. The molecule has 0 aliphatic carbocycles. The quantitative estimate of drug-likeness (QED) is 0.0195. The summed E-state index contributed by atoms with van der Waals surface area (Å²) in [5, 5.41) is 11.8. The maximum atomic E-state index is 12.9. The second-order valence-electron chi connectivity index (χ2n) is 19.1. The first-order valence-corrected chi connectivity index (χ1v) is 28.0. The number of allylic oxidation sites excluding steroid dienone is 24. The molecule has 2 unspecified atom stereocenters. The number of hydrogen-bond donors (Lipinski definition) is 0. The van der Waals surface area contributed by atoms with Crippen LogP contribution in [0.4, 0.5) is 0 Å². The number of nitrogens with zero attached hydrogens (tertiary/aromatic N) is 1. The van der Waals surface area contributed by atoms with E-state index in [1.807, 2.05) is 21.1 Å². The number of carbonyl (C=O) groups is 3. The molecule has 0 N–H and O–H groups in total. The number of esters is 2. The van der Waals surface area contributed by atoms with Gasteiger partial charge >= 0.3 is 11.9 Å². The lowest BCUT2D eigenvalue weighted by Crippen LogP contribution is -2.44. The van der Waals surface area contributed by atoms with Crippen LogP contribution >= 0.6 is 0 Å². The van der Waals surface area contributed by atoms with Gasteiger partial charge in [-0.05, 0) is 109 Å². The van der Waals surface area contributed by atoms with E-state index < -0.39 is 30.3 Å². The summed E-state index contributed by atoms with van der Waals surface area (Å²) >= 11 is 0. The van der Waals surface area contributed by atoms with Crippen molar-refractivity contribution in [1.29, 1.82) is 0 Å². The van der Waals surface area contributed by atoms with Crippen LogP contribution in [0, 0.1) is 0 Å². The maximum absolute atomic E-state index is 12.9. The highest BCUT2D eigenvalue weighted by Gasteiger charge is 2.21. The first-order chi connectivity index (χ1) is 35.6. The van der Waals surface area contributed by atoms with Crippen molar-refractivity contribution in [2.75, 3.05) is 47.5 Å². The van der Waals surface area contributed by atoms with Gasteiger partial charge in [-0.15, -0.1) is 0 Å². The molecule has 0 aromatic heterocycles. The van der Waals surface area contributed by atoms with E-state index in [2.05, 4.69) is 160 Å². The van der Waals surface area contributed by atoms with E-state index in [-0.39, 0.29) is 32.7 Å². The van der Waals surface area contributed by atoms with Crippen LogP contribution in [-0.2, 0) is 33.3 Å². The van der Waals surface area contributed by atoms with Crippen LogP contribution in [0.2, 0.25) is 0 Å². The second-order valence-corrected chi connectivity index (χ2v) is 19.1. The lowest BCUT2D eigenvalue weighted by molar-refractivity contribution is -0.870. The van der Waals surface area contributed by atoms with Gasteiger partial charge in [0.05, 0.1) is 40.3 Å². The van der Waals surface area contributed by atoms with Gasteiger partial charge in [-0.1, -0.05) is 205 Å². The molecule has 0 amide bonds. The minimum absolute atomic E-state index is 0.129. The van der Waals surface area contributed by atoms with E-state index in [0.717, 1.165) is 109 Å². The summed E-state index contributed by atoms with van der Waals surface area (Å²) in [5.41, 5.74) is 0. The zero-order chi connectivity index (χ0) is 53.4. The van der Waals surface area contributed by atoms with Crippen LogP contribution in [0.15, 0.2) is 146 Å². The van der Waals surface area contributed by atoms with Gasteiger partial charge in [0.15, 0.2) is 12.4 Å². The van der Waals surface area contributed by atoms with Gasteiger partial charge < -0.3 is 33.3 Å². The number of rotatable bonds is 49. The Morgan fingerprint density at radius 3 is 1.14 bits per heavy atom. The number of aliphatic carboxylic acids is 1. The molecule has 0 saturated carbocycles. The molecule has 0 aliphatic rings. The molecule has 0 aromatic carbocycles. The Kier molecular flexibility index (Phi) is 49.9. The number of quaternary nitrogens is 1. The topological polar surface area (TPSA) is 111 Å². The minimum atomic E-state index is -1.65. The Morgan fingerprint density at radius 2 is 0.753 bits per heavy atom. The highest BCUT2D eigenvalue weighted by Crippen LogP contribution is 2.13. The predicted octanol–water partition coefficient (Wildman–Crippen LogP) is 15.1. The second kappa shape index (κ2) is 53.5. The smallest absolute Gasteiger partial charge is 0.306 e. The molecule has 0 bridgehead atoms. The van der Waals surface area contributed by atoms with Gasteiger partial charge in [0.25, 0.3) is 0 Å². The summed E-state index contributed by atoms with van der Waals surface area (Å²) in [6, 6.07) is 0. The average molecular weight is 1010 g/mol. The zero-order valence-electron chi connectivity index (χ0n) is 46.4. The van der Waals surface area contributed by atoms with Crippen molar-refractivity contribution in [1.82, 2.24) is 0 Å². The average Bonchev–Trinajstić information content (AvgIpc) is 3.36. The first kappa shape index (κ1) is 68.2. The first-order valence-electron chi connectivity index (χ1n) is 28.0. The Balaban J connectivity index is 4.35. The van der Waals surface area contributed by atoms with E-state index in [1.54, 1.807) is 0 Å². The van der Waals surface area contributed by atoms with Crippen LogP contribution in [0.1, 0.15) is 181 Å². The predicted molar refractivity (Wildman–Crippen MR) is 306 cm³/mol. The Bertz CT molecular complexity index is 1700. The monoisotopic (exact) mass is 1010 g/mol. The van der Waals surface area contributed by atoms with Crippen LogP contribution in [-0.4, -0.2) is 82.3 Å². The van der Waals surface area contributed by atoms with E-state index in [9.17, 15) is 19.5 Å². The van der Waals surface area contributed by atoms with Gasteiger partial charge in [-0.2, -0.15) is 0 Å². The number of hydrogen-bond acceptors (Lipinski definition) is 8. The van der Waals surface area contributed by atoms with Crippen molar-refractivity contribution < 1.29 is 42.9 Å². The van der Waals surface area contributed by atoms with E-state index >= 15 is 0 Å². The molecule has 0 aliphatic heterocycles. The summed E-state index contributed by atoms with van der Waals surface area (Å²) < 4.78 is 22.6. The molecule has 9 nitrogen and oxygen atoms in total. The van der Waals surface area contributed by atoms with Gasteiger partial charge in [-0.3, -0.25) is 9.59 Å². The van der Waals surface area contributed by atoms with Gasteiger partial charge in [-0.25, -0.2) is 0 Å². The van der Waals surface area contributed by atoms with Gasteiger partial charge in [0.1, 0.15) is 13.2 Å². The highest BCUT2D eigenvalue weighted by atomic mass is 16.7. The number of carboxylic acid groups (broad SMARTS) is 1. The fraction of sp³-hybridized carbons (Fsp3) is 0.578. The fourth-order valence-electron chi connectivity index (χ4n) is 6.84. The molecule has 0 saturated heterocycles. The summed E-state index contributed by atoms with van der Waals surface area (Å²) in [6.45, 7) is 4.41. The third kappa shape index (κ3) is 54.8. The van der Waals surface area contributed by atoms with Gasteiger partial charge in [0, 0.05) is 12.8 Å². The number of carboxylic acids is 1. The lowest BCUT2D eigenvalue weighted by atomic mass is 10.1. The van der Waals surface area contributed by atoms with Crippen molar-refractivity contribution in [2.24, 2.45) is 0 Å². The summed E-state index contributed by atoms with van der Waals surface area (Å²) in [4.78, 5) is 37.2. The molecule has 0 radical (unpaired) electrons. The van der Waals surface area contributed by atoms with Crippen molar-refractivity contribution in [3.8, 4) is 0 Å².